The van der Waals surface area contributed by atoms with E-state index in [-0.39, 0.29) is 18.4 Å². The molecule has 0 aliphatic carbocycles. The zero-order valence-corrected chi connectivity index (χ0v) is 19.6. The van der Waals surface area contributed by atoms with E-state index in [9.17, 15) is 9.90 Å². The Morgan fingerprint density at radius 2 is 1.87 bits per heavy atom. The summed E-state index contributed by atoms with van der Waals surface area (Å²) in [4.78, 5) is 17.9. The summed E-state index contributed by atoms with van der Waals surface area (Å²) in [5, 5.41) is 14.8. The van der Waals surface area contributed by atoms with Crippen LogP contribution in [0.25, 0.3) is 0 Å². The van der Waals surface area contributed by atoms with Crippen molar-refractivity contribution >= 4 is 34.9 Å². The molecule has 1 N–H and O–H groups in total. The highest BCUT2D eigenvalue weighted by molar-refractivity contribution is 6.42. The van der Waals surface area contributed by atoms with Gasteiger partial charge in [0.05, 0.1) is 22.4 Å². The van der Waals surface area contributed by atoms with Crippen molar-refractivity contribution in [3.05, 3.63) is 69.2 Å². The largest absolute Gasteiger partial charge is 0.478 e. The van der Waals surface area contributed by atoms with E-state index in [4.69, 9.17) is 32.8 Å². The molecule has 2 unspecified atom stereocenters. The SMILES string of the molecule is CCC1=NOC(C(=O)O)(C(OCc2ccc(C(C)(C)C)cc2)c2ccc(Cl)c(Cl)c2)C1. The van der Waals surface area contributed by atoms with E-state index in [1.165, 1.54) is 5.56 Å². The first-order chi connectivity index (χ1) is 14.6. The summed E-state index contributed by atoms with van der Waals surface area (Å²) in [6, 6.07) is 13.1. The predicted molar refractivity (Wildman–Crippen MR) is 123 cm³/mol. The number of oxime groups is 1. The molecule has 0 aromatic heterocycles. The second kappa shape index (κ2) is 9.19. The first kappa shape index (κ1) is 23.6. The minimum absolute atomic E-state index is 0.0426. The van der Waals surface area contributed by atoms with Gasteiger partial charge in [-0.15, -0.1) is 0 Å². The number of nitrogens with zero attached hydrogens (tertiary/aromatic N) is 1. The monoisotopic (exact) mass is 463 g/mol. The molecule has 0 radical (unpaired) electrons. The Morgan fingerprint density at radius 1 is 1.19 bits per heavy atom. The van der Waals surface area contributed by atoms with Gasteiger partial charge < -0.3 is 14.7 Å². The van der Waals surface area contributed by atoms with Crippen LogP contribution in [0.15, 0.2) is 47.6 Å². The highest BCUT2D eigenvalue weighted by Crippen LogP contribution is 2.42. The molecular weight excluding hydrogens is 437 g/mol. The van der Waals surface area contributed by atoms with Crippen molar-refractivity contribution in [1.29, 1.82) is 0 Å². The number of benzene rings is 2. The first-order valence-corrected chi connectivity index (χ1v) is 11.0. The fourth-order valence-electron chi connectivity index (χ4n) is 3.53. The summed E-state index contributed by atoms with van der Waals surface area (Å²) in [6.07, 6.45) is -0.209. The molecule has 166 valence electrons. The van der Waals surface area contributed by atoms with Gasteiger partial charge in [-0.3, -0.25) is 0 Å². The van der Waals surface area contributed by atoms with Crippen molar-refractivity contribution in [2.75, 3.05) is 0 Å². The van der Waals surface area contributed by atoms with Gasteiger partial charge in [0.25, 0.3) is 5.60 Å². The normalized spacial score (nSPS) is 19.6. The van der Waals surface area contributed by atoms with Gasteiger partial charge in [-0.1, -0.05) is 86.4 Å². The van der Waals surface area contributed by atoms with E-state index in [2.05, 4.69) is 38.1 Å². The molecule has 0 saturated heterocycles. The van der Waals surface area contributed by atoms with Crippen molar-refractivity contribution in [3.63, 3.8) is 0 Å². The number of aliphatic carboxylic acids is 1. The smallest absolute Gasteiger partial charge is 0.354 e. The molecule has 0 amide bonds. The zero-order chi connectivity index (χ0) is 22.8. The van der Waals surface area contributed by atoms with Gasteiger partial charge in [0.15, 0.2) is 0 Å². The Kier molecular flexibility index (Phi) is 6.99. The van der Waals surface area contributed by atoms with Crippen LogP contribution in [0.2, 0.25) is 10.0 Å². The topological polar surface area (TPSA) is 68.1 Å². The lowest BCUT2D eigenvalue weighted by Crippen LogP contribution is -2.46. The number of rotatable bonds is 7. The van der Waals surface area contributed by atoms with E-state index >= 15 is 0 Å². The Morgan fingerprint density at radius 3 is 2.39 bits per heavy atom. The van der Waals surface area contributed by atoms with Crippen LogP contribution >= 0.6 is 23.2 Å². The fraction of sp³-hybridized carbons (Fsp3) is 0.417. The van der Waals surface area contributed by atoms with Crippen molar-refractivity contribution in [2.24, 2.45) is 5.16 Å². The number of ether oxygens (including phenoxy) is 1. The lowest BCUT2D eigenvalue weighted by atomic mass is 9.86. The summed E-state index contributed by atoms with van der Waals surface area (Å²) in [5.74, 6) is -1.14. The van der Waals surface area contributed by atoms with Crippen molar-refractivity contribution in [1.82, 2.24) is 0 Å². The number of hydrogen-bond donors (Lipinski definition) is 1. The molecule has 0 fully saturated rings. The van der Waals surface area contributed by atoms with E-state index < -0.39 is 17.7 Å². The molecule has 0 bridgehead atoms. The van der Waals surface area contributed by atoms with Crippen LogP contribution in [0, 0.1) is 0 Å². The van der Waals surface area contributed by atoms with Gasteiger partial charge in [0.1, 0.15) is 6.10 Å². The standard InChI is InChI=1S/C24H27Cl2NO4/c1-5-18-13-24(22(28)29,31-27-18)21(16-8-11-19(25)20(26)12-16)30-14-15-6-9-17(10-7-15)23(2,3)4/h6-12,21H,5,13-14H2,1-4H3,(H,28,29). The third kappa shape index (κ3) is 5.05. The number of hydrogen-bond acceptors (Lipinski definition) is 4. The van der Waals surface area contributed by atoms with Crippen LogP contribution < -0.4 is 0 Å². The lowest BCUT2D eigenvalue weighted by molar-refractivity contribution is -0.187. The molecule has 0 spiro atoms. The fourth-order valence-corrected chi connectivity index (χ4v) is 3.83. The number of carboxylic acid groups (broad SMARTS) is 1. The summed E-state index contributed by atoms with van der Waals surface area (Å²) < 4.78 is 6.20. The quantitative estimate of drug-likeness (QED) is 0.504. The van der Waals surface area contributed by atoms with Crippen LogP contribution in [0.5, 0.6) is 0 Å². The van der Waals surface area contributed by atoms with E-state index in [1.807, 2.05) is 19.1 Å². The molecule has 1 aliphatic heterocycles. The van der Waals surface area contributed by atoms with Gasteiger partial charge in [-0.25, -0.2) is 4.79 Å². The molecule has 2 aromatic rings. The average Bonchev–Trinajstić information content (AvgIpc) is 3.16. The molecule has 1 heterocycles. The van der Waals surface area contributed by atoms with E-state index in [0.29, 0.717) is 27.7 Å². The molecular formula is C24H27Cl2NO4. The summed E-state index contributed by atoms with van der Waals surface area (Å²) in [5.41, 5.74) is 1.74. The van der Waals surface area contributed by atoms with Gasteiger partial charge >= 0.3 is 5.97 Å². The number of carboxylic acids is 1. The van der Waals surface area contributed by atoms with Crippen LogP contribution in [0.4, 0.5) is 0 Å². The summed E-state index contributed by atoms with van der Waals surface area (Å²) >= 11 is 12.3. The predicted octanol–water partition coefficient (Wildman–Crippen LogP) is 6.56. The van der Waals surface area contributed by atoms with Crippen LogP contribution in [-0.2, 0) is 26.4 Å². The van der Waals surface area contributed by atoms with Crippen LogP contribution in [-0.4, -0.2) is 22.4 Å². The second-order valence-corrected chi connectivity index (χ2v) is 9.60. The molecule has 2 atom stereocenters. The van der Waals surface area contributed by atoms with Gasteiger partial charge in [-0.05, 0) is 40.7 Å². The van der Waals surface area contributed by atoms with E-state index in [1.54, 1.807) is 18.2 Å². The van der Waals surface area contributed by atoms with Crippen molar-refractivity contribution in [2.45, 2.75) is 64.3 Å². The Hall–Kier alpha value is -2.08. The highest BCUT2D eigenvalue weighted by atomic mass is 35.5. The van der Waals surface area contributed by atoms with Gasteiger partial charge in [0.2, 0.25) is 0 Å². The average molecular weight is 464 g/mol. The molecule has 1 aliphatic rings. The zero-order valence-electron chi connectivity index (χ0n) is 18.1. The maximum absolute atomic E-state index is 12.4. The molecule has 5 nitrogen and oxygen atoms in total. The minimum Gasteiger partial charge on any atom is -0.478 e. The number of halogens is 2. The maximum Gasteiger partial charge on any atom is 0.354 e. The minimum atomic E-state index is -1.67. The molecule has 31 heavy (non-hydrogen) atoms. The third-order valence-corrected chi connectivity index (χ3v) is 6.22. The molecule has 7 heteroatoms. The van der Waals surface area contributed by atoms with Crippen molar-refractivity contribution in [3.8, 4) is 0 Å². The summed E-state index contributed by atoms with van der Waals surface area (Å²) in [6.45, 7) is 8.57. The van der Waals surface area contributed by atoms with Crippen molar-refractivity contribution < 1.29 is 19.5 Å². The molecule has 2 aromatic carbocycles. The van der Waals surface area contributed by atoms with Crippen LogP contribution in [0.3, 0.4) is 0 Å². The second-order valence-electron chi connectivity index (χ2n) is 8.79. The van der Waals surface area contributed by atoms with E-state index in [0.717, 1.165) is 5.56 Å². The number of carbonyl (C=O) groups is 1. The molecule has 0 saturated carbocycles. The first-order valence-electron chi connectivity index (χ1n) is 10.2. The summed E-state index contributed by atoms with van der Waals surface area (Å²) in [7, 11) is 0. The maximum atomic E-state index is 12.4. The Labute approximate surface area is 193 Å². The third-order valence-electron chi connectivity index (χ3n) is 5.48. The molecule has 3 rings (SSSR count). The highest BCUT2D eigenvalue weighted by Gasteiger charge is 2.54. The van der Waals surface area contributed by atoms with Gasteiger partial charge in [0, 0.05) is 6.42 Å². The van der Waals surface area contributed by atoms with Crippen LogP contribution in [0.1, 0.15) is 63.3 Å². The Balaban J connectivity index is 1.93. The lowest BCUT2D eigenvalue weighted by Gasteiger charge is -2.32. The van der Waals surface area contributed by atoms with Gasteiger partial charge in [-0.2, -0.15) is 0 Å². The Bertz CT molecular complexity index is 982.